The van der Waals surface area contributed by atoms with Crippen molar-refractivity contribution in [1.29, 1.82) is 0 Å². The van der Waals surface area contributed by atoms with Crippen molar-refractivity contribution < 1.29 is 18.7 Å². The largest absolute Gasteiger partial charge is 0.475 e. The molecule has 0 bridgehead atoms. The fourth-order valence-corrected chi connectivity index (χ4v) is 1.66. The summed E-state index contributed by atoms with van der Waals surface area (Å²) in [5.74, 6) is -0.208. The van der Waals surface area contributed by atoms with Crippen LogP contribution in [0.5, 0.6) is 0 Å². The monoisotopic (exact) mass is 235 g/mol. The maximum absolute atomic E-state index is 10.9. The quantitative estimate of drug-likeness (QED) is 0.860. The smallest absolute Gasteiger partial charge is 0.372 e. The van der Waals surface area contributed by atoms with Crippen LogP contribution >= 0.6 is 0 Å². The highest BCUT2D eigenvalue weighted by atomic mass is 16.4. The molecule has 0 saturated heterocycles. The second-order valence-corrected chi connectivity index (χ2v) is 3.83. The van der Waals surface area contributed by atoms with E-state index in [4.69, 9.17) is 13.9 Å². The summed E-state index contributed by atoms with van der Waals surface area (Å²) in [4.78, 5) is 12.8. The molecule has 90 valence electrons. The zero-order valence-corrected chi connectivity index (χ0v) is 9.42. The van der Waals surface area contributed by atoms with Crippen molar-refractivity contribution in [1.82, 2.24) is 4.90 Å². The normalized spacial score (nSPS) is 10.9. The number of rotatable bonds is 5. The Morgan fingerprint density at radius 2 is 2.12 bits per heavy atom. The van der Waals surface area contributed by atoms with E-state index in [1.54, 1.807) is 12.3 Å². The van der Waals surface area contributed by atoms with Crippen LogP contribution in [0.1, 0.15) is 21.9 Å². The third kappa shape index (κ3) is 2.76. The summed E-state index contributed by atoms with van der Waals surface area (Å²) in [6, 6.07) is 5.37. The first-order valence-electron chi connectivity index (χ1n) is 5.17. The van der Waals surface area contributed by atoms with E-state index in [1.165, 1.54) is 6.26 Å². The number of nitrogens with zero attached hydrogens (tertiary/aromatic N) is 1. The third-order valence-electron chi connectivity index (χ3n) is 2.39. The number of hydrogen-bond donors (Lipinski definition) is 1. The molecule has 0 atom stereocenters. The van der Waals surface area contributed by atoms with Crippen molar-refractivity contribution in [2.24, 2.45) is 0 Å². The molecule has 2 heterocycles. The zero-order chi connectivity index (χ0) is 12.3. The van der Waals surface area contributed by atoms with Crippen LogP contribution < -0.4 is 0 Å². The van der Waals surface area contributed by atoms with Crippen LogP contribution in [0.3, 0.4) is 0 Å². The summed E-state index contributed by atoms with van der Waals surface area (Å²) in [6.45, 7) is 1.12. The molecule has 5 heteroatoms. The van der Waals surface area contributed by atoms with Gasteiger partial charge in [0.05, 0.1) is 19.1 Å². The van der Waals surface area contributed by atoms with Crippen LogP contribution in [0.2, 0.25) is 0 Å². The summed E-state index contributed by atoms with van der Waals surface area (Å²) in [7, 11) is 1.89. The van der Waals surface area contributed by atoms with Gasteiger partial charge in [-0.1, -0.05) is 0 Å². The highest BCUT2D eigenvalue weighted by molar-refractivity contribution is 5.86. The molecule has 0 radical (unpaired) electrons. The van der Waals surface area contributed by atoms with E-state index in [2.05, 4.69) is 0 Å². The maximum Gasteiger partial charge on any atom is 0.372 e. The van der Waals surface area contributed by atoms with Gasteiger partial charge in [0.15, 0.2) is 0 Å². The molecule has 0 aliphatic heterocycles. The minimum atomic E-state index is -1.05. The van der Waals surface area contributed by atoms with Gasteiger partial charge in [-0.15, -0.1) is 0 Å². The van der Waals surface area contributed by atoms with Gasteiger partial charge in [0.2, 0.25) is 5.76 Å². The Bertz CT molecular complexity index is 486. The van der Waals surface area contributed by atoms with Crippen molar-refractivity contribution >= 4 is 5.97 Å². The summed E-state index contributed by atoms with van der Waals surface area (Å²) in [6.07, 6.45) is 3.00. The molecule has 1 N–H and O–H groups in total. The van der Waals surface area contributed by atoms with Gasteiger partial charge in [0.25, 0.3) is 0 Å². The lowest BCUT2D eigenvalue weighted by molar-refractivity contribution is 0.0659. The SMILES string of the molecule is CN(Cc1ccco1)Cc1ccoc1C(=O)O. The Hall–Kier alpha value is -2.01. The van der Waals surface area contributed by atoms with Crippen LogP contribution in [-0.4, -0.2) is 23.0 Å². The third-order valence-corrected chi connectivity index (χ3v) is 2.39. The predicted octanol–water partition coefficient (Wildman–Crippen LogP) is 2.20. The first kappa shape index (κ1) is 11.5. The van der Waals surface area contributed by atoms with Crippen molar-refractivity contribution in [3.05, 3.63) is 47.8 Å². The van der Waals surface area contributed by atoms with Gasteiger partial charge in [0.1, 0.15) is 5.76 Å². The van der Waals surface area contributed by atoms with Crippen LogP contribution in [-0.2, 0) is 13.1 Å². The molecule has 0 fully saturated rings. The summed E-state index contributed by atoms with van der Waals surface area (Å²) in [5, 5.41) is 8.89. The van der Waals surface area contributed by atoms with E-state index >= 15 is 0 Å². The lowest BCUT2D eigenvalue weighted by Crippen LogP contribution is -2.18. The first-order chi connectivity index (χ1) is 8.16. The van der Waals surface area contributed by atoms with Crippen LogP contribution in [0.25, 0.3) is 0 Å². The van der Waals surface area contributed by atoms with Gasteiger partial charge >= 0.3 is 5.97 Å². The molecule has 2 aromatic rings. The molecule has 0 saturated carbocycles. The molecular formula is C12H13NO4. The van der Waals surface area contributed by atoms with Gasteiger partial charge in [0, 0.05) is 12.1 Å². The van der Waals surface area contributed by atoms with E-state index in [0.717, 1.165) is 5.76 Å². The Morgan fingerprint density at radius 1 is 1.29 bits per heavy atom. The Balaban J connectivity index is 2.00. The predicted molar refractivity (Wildman–Crippen MR) is 59.5 cm³/mol. The number of aromatic carboxylic acids is 1. The van der Waals surface area contributed by atoms with E-state index in [9.17, 15) is 4.79 Å². The van der Waals surface area contributed by atoms with Crippen molar-refractivity contribution in [3.8, 4) is 0 Å². The Labute approximate surface area is 98.3 Å². The van der Waals surface area contributed by atoms with Crippen molar-refractivity contribution in [2.75, 3.05) is 7.05 Å². The molecule has 17 heavy (non-hydrogen) atoms. The van der Waals surface area contributed by atoms with Gasteiger partial charge < -0.3 is 13.9 Å². The second kappa shape index (κ2) is 4.88. The van der Waals surface area contributed by atoms with Gasteiger partial charge in [-0.3, -0.25) is 4.90 Å². The number of hydrogen-bond acceptors (Lipinski definition) is 4. The lowest BCUT2D eigenvalue weighted by Gasteiger charge is -2.14. The second-order valence-electron chi connectivity index (χ2n) is 3.83. The van der Waals surface area contributed by atoms with E-state index in [0.29, 0.717) is 18.7 Å². The molecule has 5 nitrogen and oxygen atoms in total. The fraction of sp³-hybridized carbons (Fsp3) is 0.250. The van der Waals surface area contributed by atoms with Gasteiger partial charge in [-0.25, -0.2) is 4.79 Å². The topological polar surface area (TPSA) is 66.8 Å². The molecule has 0 aromatic carbocycles. The summed E-state index contributed by atoms with van der Waals surface area (Å²) in [5.41, 5.74) is 0.659. The standard InChI is InChI=1S/C12H13NO4/c1-13(8-10-3-2-5-16-10)7-9-4-6-17-11(9)12(14)15/h2-6H,7-8H2,1H3,(H,14,15). The molecule has 0 unspecified atom stereocenters. The van der Waals surface area contributed by atoms with Crippen LogP contribution in [0.15, 0.2) is 39.6 Å². The zero-order valence-electron chi connectivity index (χ0n) is 9.42. The lowest BCUT2D eigenvalue weighted by atomic mass is 10.2. The minimum Gasteiger partial charge on any atom is -0.475 e. The van der Waals surface area contributed by atoms with E-state index < -0.39 is 5.97 Å². The van der Waals surface area contributed by atoms with Gasteiger partial charge in [-0.2, -0.15) is 0 Å². The Kier molecular flexibility index (Phi) is 3.30. The average Bonchev–Trinajstić information content (AvgIpc) is 2.88. The number of furan rings is 2. The molecule has 0 aliphatic carbocycles. The molecule has 0 aliphatic rings. The number of carboxylic acid groups (broad SMARTS) is 1. The highest BCUT2D eigenvalue weighted by Gasteiger charge is 2.15. The minimum absolute atomic E-state index is 0.00343. The van der Waals surface area contributed by atoms with Crippen molar-refractivity contribution in [2.45, 2.75) is 13.1 Å². The molecule has 0 spiro atoms. The summed E-state index contributed by atoms with van der Waals surface area (Å²) < 4.78 is 10.1. The molecule has 2 aromatic heterocycles. The highest BCUT2D eigenvalue weighted by Crippen LogP contribution is 2.14. The molecule has 2 rings (SSSR count). The van der Waals surface area contributed by atoms with Crippen LogP contribution in [0, 0.1) is 0 Å². The van der Waals surface area contributed by atoms with E-state index in [1.807, 2.05) is 24.1 Å². The van der Waals surface area contributed by atoms with Crippen LogP contribution in [0.4, 0.5) is 0 Å². The molecule has 0 amide bonds. The average molecular weight is 235 g/mol. The van der Waals surface area contributed by atoms with Crippen molar-refractivity contribution in [3.63, 3.8) is 0 Å². The van der Waals surface area contributed by atoms with E-state index in [-0.39, 0.29) is 5.76 Å². The van der Waals surface area contributed by atoms with Gasteiger partial charge in [-0.05, 0) is 25.2 Å². The fourth-order valence-electron chi connectivity index (χ4n) is 1.66. The number of carboxylic acids is 1. The first-order valence-corrected chi connectivity index (χ1v) is 5.17. The Morgan fingerprint density at radius 3 is 2.76 bits per heavy atom. The maximum atomic E-state index is 10.9. The molecular weight excluding hydrogens is 222 g/mol. The summed E-state index contributed by atoms with van der Waals surface area (Å²) >= 11 is 0. The number of carbonyl (C=O) groups is 1.